The Morgan fingerprint density at radius 3 is 2.11 bits per heavy atom. The van der Waals surface area contributed by atoms with Crippen LogP contribution in [0, 0.1) is 5.41 Å². The average Bonchev–Trinajstić information content (AvgIpc) is 2.88. The summed E-state index contributed by atoms with van der Waals surface area (Å²) in [7, 11) is 0. The highest BCUT2D eigenvalue weighted by Crippen LogP contribution is 2.62. The molecule has 104 valence electrons. The van der Waals surface area contributed by atoms with E-state index in [4.69, 9.17) is 10.5 Å². The highest BCUT2D eigenvalue weighted by atomic mass is 16.6. The van der Waals surface area contributed by atoms with Crippen LogP contribution in [-0.4, -0.2) is 23.3 Å². The third-order valence-corrected chi connectivity index (χ3v) is 4.56. The van der Waals surface area contributed by atoms with Crippen LogP contribution in [-0.2, 0) is 4.74 Å². The van der Waals surface area contributed by atoms with Crippen molar-refractivity contribution in [2.45, 2.75) is 77.0 Å². The molecule has 1 amide bonds. The van der Waals surface area contributed by atoms with Crippen LogP contribution in [0.2, 0.25) is 0 Å². The van der Waals surface area contributed by atoms with Crippen LogP contribution in [0.5, 0.6) is 0 Å². The van der Waals surface area contributed by atoms with Crippen molar-refractivity contribution in [2.75, 3.05) is 0 Å². The fourth-order valence-corrected chi connectivity index (χ4v) is 3.28. The molecule has 1 atom stereocenters. The van der Waals surface area contributed by atoms with E-state index in [-0.39, 0.29) is 23.1 Å². The van der Waals surface area contributed by atoms with Gasteiger partial charge in [0.2, 0.25) is 0 Å². The fraction of sp³-hybridized carbons (Fsp3) is 0.929. The highest BCUT2D eigenvalue weighted by molar-refractivity contribution is 5.69. The number of nitrogens with one attached hydrogen (secondary N) is 1. The molecule has 4 heteroatoms. The molecule has 0 spiro atoms. The molecule has 0 aromatic rings. The molecule has 2 aliphatic carbocycles. The first-order chi connectivity index (χ1) is 8.21. The zero-order valence-electron chi connectivity index (χ0n) is 12.0. The van der Waals surface area contributed by atoms with Crippen LogP contribution in [0.25, 0.3) is 0 Å². The van der Waals surface area contributed by atoms with Gasteiger partial charge in [0.1, 0.15) is 5.60 Å². The van der Waals surface area contributed by atoms with Gasteiger partial charge in [0.25, 0.3) is 0 Å². The van der Waals surface area contributed by atoms with Crippen LogP contribution in [0.4, 0.5) is 4.79 Å². The summed E-state index contributed by atoms with van der Waals surface area (Å²) in [5, 5.41) is 3.13. The van der Waals surface area contributed by atoms with Gasteiger partial charge >= 0.3 is 6.09 Å². The molecule has 2 saturated carbocycles. The lowest BCUT2D eigenvalue weighted by Crippen LogP contribution is -2.64. The topological polar surface area (TPSA) is 64.3 Å². The Bertz CT molecular complexity index is 336. The van der Waals surface area contributed by atoms with Crippen molar-refractivity contribution >= 4 is 6.09 Å². The minimum Gasteiger partial charge on any atom is -0.444 e. The monoisotopic (exact) mass is 254 g/mol. The van der Waals surface area contributed by atoms with Gasteiger partial charge in [-0.1, -0.05) is 0 Å². The molecule has 0 saturated heterocycles. The van der Waals surface area contributed by atoms with Crippen molar-refractivity contribution in [2.24, 2.45) is 11.1 Å². The second-order valence-corrected chi connectivity index (χ2v) is 7.01. The Morgan fingerprint density at radius 1 is 1.28 bits per heavy atom. The van der Waals surface area contributed by atoms with E-state index in [1.807, 2.05) is 20.8 Å². The van der Waals surface area contributed by atoms with Gasteiger partial charge in [-0.15, -0.1) is 0 Å². The molecule has 0 aromatic heterocycles. The van der Waals surface area contributed by atoms with Crippen molar-refractivity contribution < 1.29 is 9.53 Å². The summed E-state index contributed by atoms with van der Waals surface area (Å²) < 4.78 is 5.38. The van der Waals surface area contributed by atoms with Crippen molar-refractivity contribution in [1.29, 1.82) is 0 Å². The van der Waals surface area contributed by atoms with E-state index in [1.54, 1.807) is 0 Å². The summed E-state index contributed by atoms with van der Waals surface area (Å²) in [6.07, 6.45) is 5.20. The summed E-state index contributed by atoms with van der Waals surface area (Å²) in [4.78, 5) is 12.0. The minimum atomic E-state index is -0.444. The van der Waals surface area contributed by atoms with Crippen LogP contribution in [0.1, 0.15) is 59.8 Å². The lowest BCUT2D eigenvalue weighted by Gasteiger charge is -2.50. The molecular weight excluding hydrogens is 228 g/mol. The Labute approximate surface area is 110 Å². The van der Waals surface area contributed by atoms with Gasteiger partial charge in [-0.3, -0.25) is 0 Å². The average molecular weight is 254 g/mol. The zero-order valence-corrected chi connectivity index (χ0v) is 12.0. The number of amides is 1. The molecule has 0 heterocycles. The smallest absolute Gasteiger partial charge is 0.408 e. The minimum absolute atomic E-state index is 0.108. The second kappa shape index (κ2) is 4.12. The molecule has 1 unspecified atom stereocenters. The van der Waals surface area contributed by atoms with Gasteiger partial charge in [-0.25, -0.2) is 4.79 Å². The van der Waals surface area contributed by atoms with E-state index in [2.05, 4.69) is 12.2 Å². The molecule has 0 aliphatic heterocycles. The van der Waals surface area contributed by atoms with Crippen LogP contribution < -0.4 is 11.1 Å². The maximum Gasteiger partial charge on any atom is 0.408 e. The summed E-state index contributed by atoms with van der Waals surface area (Å²) in [6.45, 7) is 7.72. The molecule has 0 radical (unpaired) electrons. The van der Waals surface area contributed by atoms with E-state index in [1.165, 1.54) is 6.42 Å². The van der Waals surface area contributed by atoms with E-state index >= 15 is 0 Å². The Morgan fingerprint density at radius 2 is 1.83 bits per heavy atom. The molecule has 4 nitrogen and oxygen atoms in total. The first kappa shape index (κ1) is 13.7. The molecule has 0 aromatic carbocycles. The lowest BCUT2D eigenvalue weighted by atomic mass is 9.63. The quantitative estimate of drug-likeness (QED) is 0.813. The van der Waals surface area contributed by atoms with Crippen LogP contribution in [0.15, 0.2) is 0 Å². The standard InChI is InChI=1S/C14H26N2O2/c1-10(15)13(8-9-13)14(6-5-7-14)16-11(17)18-12(2,3)4/h10H,5-9,15H2,1-4H3,(H,16,17). The number of nitrogens with two attached hydrogens (primary N) is 1. The summed E-state index contributed by atoms with van der Waals surface area (Å²) in [5.41, 5.74) is 5.70. The second-order valence-electron chi connectivity index (χ2n) is 7.01. The van der Waals surface area contributed by atoms with E-state index in [9.17, 15) is 4.79 Å². The number of carbonyl (C=O) groups excluding carboxylic acids is 1. The predicted octanol–water partition coefficient (Wildman–Crippen LogP) is 2.56. The van der Waals surface area contributed by atoms with Gasteiger partial charge in [-0.05, 0) is 59.8 Å². The normalized spacial score (nSPS) is 25.8. The third kappa shape index (κ3) is 2.22. The molecule has 2 fully saturated rings. The number of hydrogen-bond donors (Lipinski definition) is 2. The Kier molecular flexibility index (Phi) is 3.13. The molecule has 2 rings (SSSR count). The van der Waals surface area contributed by atoms with Gasteiger partial charge in [-0.2, -0.15) is 0 Å². The number of alkyl carbamates (subject to hydrolysis) is 1. The van der Waals surface area contributed by atoms with Crippen LogP contribution in [0.3, 0.4) is 0 Å². The SMILES string of the molecule is CC(N)C1(C2(NC(=O)OC(C)(C)C)CCC2)CC1. The number of hydrogen-bond acceptors (Lipinski definition) is 3. The predicted molar refractivity (Wildman–Crippen MR) is 71.3 cm³/mol. The largest absolute Gasteiger partial charge is 0.444 e. The summed E-state index contributed by atoms with van der Waals surface area (Å²) >= 11 is 0. The van der Waals surface area contributed by atoms with E-state index in [0.717, 1.165) is 25.7 Å². The van der Waals surface area contributed by atoms with Gasteiger partial charge in [0.05, 0.1) is 5.54 Å². The lowest BCUT2D eigenvalue weighted by molar-refractivity contribution is 0.0182. The molecule has 3 N–H and O–H groups in total. The first-order valence-electron chi connectivity index (χ1n) is 6.98. The van der Waals surface area contributed by atoms with Crippen molar-refractivity contribution in [3.05, 3.63) is 0 Å². The van der Waals surface area contributed by atoms with Crippen molar-refractivity contribution in [1.82, 2.24) is 5.32 Å². The van der Waals surface area contributed by atoms with Gasteiger partial charge in [0.15, 0.2) is 0 Å². The molecular formula is C14H26N2O2. The summed E-state index contributed by atoms with van der Waals surface area (Å²) in [6, 6.07) is 0.132. The van der Waals surface area contributed by atoms with Gasteiger partial charge < -0.3 is 15.8 Å². The highest BCUT2D eigenvalue weighted by Gasteiger charge is 2.64. The molecule has 2 aliphatic rings. The van der Waals surface area contributed by atoms with Crippen LogP contribution >= 0.6 is 0 Å². The molecule has 0 bridgehead atoms. The first-order valence-corrected chi connectivity index (χ1v) is 6.98. The maximum absolute atomic E-state index is 12.0. The summed E-state index contributed by atoms with van der Waals surface area (Å²) in [5.74, 6) is 0. The zero-order chi connectivity index (χ0) is 13.6. The number of carbonyl (C=O) groups is 1. The Hall–Kier alpha value is -0.770. The van der Waals surface area contributed by atoms with Crippen molar-refractivity contribution in [3.63, 3.8) is 0 Å². The Balaban J connectivity index is 2.04. The number of ether oxygens (including phenoxy) is 1. The van der Waals surface area contributed by atoms with Crippen molar-refractivity contribution in [3.8, 4) is 0 Å². The van der Waals surface area contributed by atoms with Gasteiger partial charge in [0, 0.05) is 11.5 Å². The van der Waals surface area contributed by atoms with E-state index in [0.29, 0.717) is 0 Å². The third-order valence-electron chi connectivity index (χ3n) is 4.56. The molecule has 18 heavy (non-hydrogen) atoms. The fourth-order valence-electron chi connectivity index (χ4n) is 3.28. The maximum atomic E-state index is 12.0. The number of rotatable bonds is 3. The van der Waals surface area contributed by atoms with E-state index < -0.39 is 5.60 Å².